The van der Waals surface area contributed by atoms with Gasteiger partial charge in [-0.05, 0) is 25.2 Å². The summed E-state index contributed by atoms with van der Waals surface area (Å²) in [4.78, 5) is 16.6. The second-order valence-electron chi connectivity index (χ2n) is 6.97. The summed E-state index contributed by atoms with van der Waals surface area (Å²) in [5, 5.41) is 0. The van der Waals surface area contributed by atoms with Crippen molar-refractivity contribution in [3.8, 4) is 11.5 Å². The number of carbonyl (C=O) groups excluding carboxylic acids is 1. The van der Waals surface area contributed by atoms with Gasteiger partial charge in [0.25, 0.3) is 16.1 Å². The predicted molar refractivity (Wildman–Crippen MR) is 105 cm³/mol. The number of carbonyl (C=O) groups is 1. The second kappa shape index (κ2) is 8.64. The summed E-state index contributed by atoms with van der Waals surface area (Å²) in [6.45, 7) is 3.79. The third-order valence-corrected chi connectivity index (χ3v) is 7.31. The van der Waals surface area contributed by atoms with E-state index in [0.717, 1.165) is 13.1 Å². The van der Waals surface area contributed by atoms with E-state index in [1.807, 2.05) is 7.05 Å². The Balaban J connectivity index is 1.62. The molecule has 2 aliphatic rings. The monoisotopic (exact) mass is 412 g/mol. The minimum atomic E-state index is -3.48. The Morgan fingerprint density at radius 3 is 1.93 bits per heavy atom. The Morgan fingerprint density at radius 2 is 1.39 bits per heavy atom. The van der Waals surface area contributed by atoms with Gasteiger partial charge in [-0.1, -0.05) is 0 Å². The number of piperazine rings is 2. The molecule has 2 fully saturated rings. The van der Waals surface area contributed by atoms with Crippen LogP contribution in [0.2, 0.25) is 0 Å². The van der Waals surface area contributed by atoms with Gasteiger partial charge in [0.2, 0.25) is 0 Å². The highest BCUT2D eigenvalue weighted by atomic mass is 32.2. The summed E-state index contributed by atoms with van der Waals surface area (Å²) in [6.07, 6.45) is 0. The van der Waals surface area contributed by atoms with E-state index in [-0.39, 0.29) is 5.91 Å². The number of ether oxygens (including phenoxy) is 2. The quantitative estimate of drug-likeness (QED) is 0.675. The average molecular weight is 413 g/mol. The maximum Gasteiger partial charge on any atom is 0.282 e. The molecule has 0 saturated carbocycles. The third kappa shape index (κ3) is 4.24. The van der Waals surface area contributed by atoms with E-state index in [9.17, 15) is 13.2 Å². The first-order chi connectivity index (χ1) is 13.4. The zero-order chi connectivity index (χ0) is 20.3. The molecule has 156 valence electrons. The molecule has 0 atom stereocenters. The summed E-state index contributed by atoms with van der Waals surface area (Å²) in [5.74, 6) is 0.907. The van der Waals surface area contributed by atoms with E-state index in [0.29, 0.717) is 56.3 Å². The van der Waals surface area contributed by atoms with Crippen LogP contribution < -0.4 is 9.47 Å². The van der Waals surface area contributed by atoms with Crippen LogP contribution in [0.5, 0.6) is 11.5 Å². The van der Waals surface area contributed by atoms with Crippen molar-refractivity contribution in [3.63, 3.8) is 0 Å². The molecule has 0 spiro atoms. The van der Waals surface area contributed by atoms with E-state index < -0.39 is 10.2 Å². The Bertz CT molecular complexity index is 800. The highest BCUT2D eigenvalue weighted by Gasteiger charge is 2.34. The number of hydrogen-bond donors (Lipinski definition) is 0. The molecule has 0 aliphatic carbocycles. The summed E-state index contributed by atoms with van der Waals surface area (Å²) in [7, 11) is 1.58. The number of rotatable bonds is 5. The first-order valence-corrected chi connectivity index (χ1v) is 10.7. The van der Waals surface area contributed by atoms with Crippen molar-refractivity contribution in [3.05, 3.63) is 23.8 Å². The smallest absolute Gasteiger partial charge is 0.282 e. The molecule has 0 bridgehead atoms. The van der Waals surface area contributed by atoms with Gasteiger partial charge in [0, 0.05) is 57.9 Å². The van der Waals surface area contributed by atoms with E-state index in [1.165, 1.54) is 11.4 Å². The van der Waals surface area contributed by atoms with Crippen molar-refractivity contribution in [2.24, 2.45) is 0 Å². The van der Waals surface area contributed by atoms with Crippen LogP contribution in [0.4, 0.5) is 0 Å². The highest BCUT2D eigenvalue weighted by molar-refractivity contribution is 7.86. The lowest BCUT2D eigenvalue weighted by Gasteiger charge is -2.39. The first kappa shape index (κ1) is 20.8. The molecule has 28 heavy (non-hydrogen) atoms. The molecule has 1 aromatic carbocycles. The van der Waals surface area contributed by atoms with E-state index >= 15 is 0 Å². The molecule has 1 aromatic rings. The molecule has 0 N–H and O–H groups in total. The number of methoxy groups -OCH3 is 2. The van der Waals surface area contributed by atoms with Crippen molar-refractivity contribution < 1.29 is 22.7 Å². The Labute approximate surface area is 166 Å². The van der Waals surface area contributed by atoms with Gasteiger partial charge in [-0.2, -0.15) is 17.0 Å². The fourth-order valence-electron chi connectivity index (χ4n) is 3.46. The van der Waals surface area contributed by atoms with Crippen LogP contribution in [0.15, 0.2) is 18.2 Å². The lowest BCUT2D eigenvalue weighted by Crippen LogP contribution is -2.57. The summed E-state index contributed by atoms with van der Waals surface area (Å²) >= 11 is 0. The zero-order valence-corrected chi connectivity index (χ0v) is 17.4. The minimum absolute atomic E-state index is 0.141. The van der Waals surface area contributed by atoms with Gasteiger partial charge >= 0.3 is 0 Å². The molecular weight excluding hydrogens is 384 g/mol. The summed E-state index contributed by atoms with van der Waals surface area (Å²) < 4.78 is 39.2. The normalized spacial score (nSPS) is 20.2. The average Bonchev–Trinajstić information content (AvgIpc) is 2.73. The van der Waals surface area contributed by atoms with Crippen LogP contribution in [-0.2, 0) is 10.2 Å². The van der Waals surface area contributed by atoms with E-state index in [1.54, 1.807) is 34.5 Å². The summed E-state index contributed by atoms with van der Waals surface area (Å²) in [5.41, 5.74) is 0.494. The van der Waals surface area contributed by atoms with Crippen LogP contribution in [0.25, 0.3) is 0 Å². The Morgan fingerprint density at radius 1 is 0.857 bits per heavy atom. The highest BCUT2D eigenvalue weighted by Crippen LogP contribution is 2.28. The van der Waals surface area contributed by atoms with E-state index in [2.05, 4.69) is 4.90 Å². The number of hydrogen-bond acceptors (Lipinski definition) is 6. The fraction of sp³-hybridized carbons (Fsp3) is 0.611. The van der Waals surface area contributed by atoms with Gasteiger partial charge in [-0.3, -0.25) is 4.79 Å². The molecule has 0 radical (unpaired) electrons. The summed E-state index contributed by atoms with van der Waals surface area (Å²) in [6, 6.07) is 5.03. The number of benzene rings is 1. The molecule has 2 saturated heterocycles. The predicted octanol–water partition coefficient (Wildman–Crippen LogP) is -0.0462. The van der Waals surface area contributed by atoms with Crippen molar-refractivity contribution in [1.29, 1.82) is 0 Å². The van der Waals surface area contributed by atoms with Gasteiger partial charge in [0.05, 0.1) is 14.2 Å². The molecule has 2 aliphatic heterocycles. The van der Waals surface area contributed by atoms with Crippen LogP contribution in [0, 0.1) is 0 Å². The zero-order valence-electron chi connectivity index (χ0n) is 16.6. The van der Waals surface area contributed by atoms with Crippen molar-refractivity contribution >= 4 is 16.1 Å². The number of likely N-dealkylation sites (N-methyl/N-ethyl adjacent to an activating group) is 1. The van der Waals surface area contributed by atoms with Crippen molar-refractivity contribution in [1.82, 2.24) is 18.4 Å². The maximum absolute atomic E-state index is 12.8. The molecule has 9 nitrogen and oxygen atoms in total. The molecule has 0 unspecified atom stereocenters. The molecule has 1 amide bonds. The molecule has 3 rings (SSSR count). The Hall–Kier alpha value is -1.88. The van der Waals surface area contributed by atoms with Crippen LogP contribution in [0.1, 0.15) is 10.4 Å². The fourth-order valence-corrected chi connectivity index (χ4v) is 5.03. The van der Waals surface area contributed by atoms with Crippen LogP contribution in [0.3, 0.4) is 0 Å². The van der Waals surface area contributed by atoms with Gasteiger partial charge < -0.3 is 19.3 Å². The third-order valence-electron chi connectivity index (χ3n) is 5.27. The topological polar surface area (TPSA) is 82.6 Å². The number of amides is 1. The van der Waals surface area contributed by atoms with Gasteiger partial charge in [0.1, 0.15) is 0 Å². The first-order valence-electron chi connectivity index (χ1n) is 9.32. The molecule has 10 heteroatoms. The van der Waals surface area contributed by atoms with Gasteiger partial charge in [-0.25, -0.2) is 0 Å². The minimum Gasteiger partial charge on any atom is -0.493 e. The molecule has 0 aromatic heterocycles. The molecular formula is C18H28N4O5S. The largest absolute Gasteiger partial charge is 0.493 e. The van der Waals surface area contributed by atoms with Crippen molar-refractivity contribution in [2.75, 3.05) is 73.6 Å². The standard InChI is InChI=1S/C18H28N4O5S/c1-19-6-10-21(11-7-19)28(24,25)22-12-8-20(9-13-22)18(23)15-4-5-16(26-2)17(14-15)27-3/h4-5,14H,6-13H2,1-3H3. The van der Waals surface area contributed by atoms with E-state index in [4.69, 9.17) is 9.47 Å². The van der Waals surface area contributed by atoms with Crippen LogP contribution >= 0.6 is 0 Å². The lowest BCUT2D eigenvalue weighted by molar-refractivity contribution is 0.0692. The second-order valence-corrected chi connectivity index (χ2v) is 8.90. The van der Waals surface area contributed by atoms with Crippen LogP contribution in [-0.4, -0.2) is 106 Å². The molecule has 2 heterocycles. The SMILES string of the molecule is COc1ccc(C(=O)N2CCN(S(=O)(=O)N3CCN(C)CC3)CC2)cc1OC. The maximum atomic E-state index is 12.8. The lowest BCUT2D eigenvalue weighted by atomic mass is 10.1. The van der Waals surface area contributed by atoms with Crippen molar-refractivity contribution in [2.45, 2.75) is 0 Å². The number of nitrogens with zero attached hydrogens (tertiary/aromatic N) is 4. The van der Waals surface area contributed by atoms with Gasteiger partial charge in [0.15, 0.2) is 11.5 Å². The van der Waals surface area contributed by atoms with Gasteiger partial charge in [-0.15, -0.1) is 0 Å². The Kier molecular flexibility index (Phi) is 6.43.